The van der Waals surface area contributed by atoms with Gasteiger partial charge in [-0.2, -0.15) is 4.98 Å². The topological polar surface area (TPSA) is 106 Å². The Kier molecular flexibility index (Phi) is 10.4. The number of nitrogens with two attached hydrogens (primary N) is 1. The fourth-order valence-corrected chi connectivity index (χ4v) is 3.07. The van der Waals surface area contributed by atoms with Crippen molar-refractivity contribution in [1.82, 2.24) is 25.2 Å². The lowest BCUT2D eigenvalue weighted by molar-refractivity contribution is -0.109. The molecule has 2 heterocycles. The monoisotopic (exact) mass is 490 g/mol. The van der Waals surface area contributed by atoms with E-state index in [1.54, 1.807) is 19.9 Å². The molecule has 3 N–H and O–H groups in total. The van der Waals surface area contributed by atoms with Gasteiger partial charge in [-0.15, -0.1) is 0 Å². The van der Waals surface area contributed by atoms with Crippen LogP contribution in [0.1, 0.15) is 24.7 Å². The second kappa shape index (κ2) is 13.2. The molecular weight excluding hydrogens is 461 g/mol. The van der Waals surface area contributed by atoms with Gasteiger partial charge in [0.2, 0.25) is 18.2 Å². The smallest absolute Gasteiger partial charge is 0.280 e. The van der Waals surface area contributed by atoms with Gasteiger partial charge in [0.15, 0.2) is 0 Å². The number of aryl methyl sites for hydroxylation is 1. The molecule has 0 spiro atoms. The van der Waals surface area contributed by atoms with Crippen LogP contribution >= 0.6 is 0 Å². The van der Waals surface area contributed by atoms with Crippen LogP contribution in [-0.4, -0.2) is 60.1 Å². The summed E-state index contributed by atoms with van der Waals surface area (Å²) in [6.07, 6.45) is -2.02. The van der Waals surface area contributed by atoms with E-state index in [1.807, 2.05) is 19.0 Å². The number of pyridine rings is 1. The zero-order chi connectivity index (χ0) is 26.0. The van der Waals surface area contributed by atoms with Gasteiger partial charge in [-0.05, 0) is 69.9 Å². The Morgan fingerprint density at radius 3 is 2.37 bits per heavy atom. The molecule has 3 aromatic rings. The zero-order valence-electron chi connectivity index (χ0n) is 20.1. The van der Waals surface area contributed by atoms with Crippen molar-refractivity contribution in [3.8, 4) is 28.3 Å². The lowest BCUT2D eigenvalue weighted by Crippen LogP contribution is -2.25. The number of anilines is 1. The second-order valence-corrected chi connectivity index (χ2v) is 7.65. The highest BCUT2D eigenvalue weighted by Crippen LogP contribution is 2.39. The van der Waals surface area contributed by atoms with E-state index in [0.717, 1.165) is 13.1 Å². The quantitative estimate of drug-likeness (QED) is 0.346. The summed E-state index contributed by atoms with van der Waals surface area (Å²) < 4.78 is 45.4. The zero-order valence-corrected chi connectivity index (χ0v) is 20.1. The number of hydrogen-bond acceptors (Lipinski definition) is 7. The molecule has 0 saturated heterocycles. The normalized spacial score (nSPS) is 10.7. The molecule has 0 saturated carbocycles. The third kappa shape index (κ3) is 8.21. The summed E-state index contributed by atoms with van der Waals surface area (Å²) in [4.78, 5) is 23.9. The van der Waals surface area contributed by atoms with Crippen LogP contribution in [0.25, 0.3) is 22.4 Å². The number of ether oxygens (including phenoxy) is 1. The third-order valence-electron chi connectivity index (χ3n) is 4.56. The molecule has 1 aromatic carbocycles. The minimum absolute atomic E-state index is 0.0404. The molecule has 0 aliphatic heterocycles. The highest BCUT2D eigenvalue weighted by molar-refractivity contribution is 5.85. The largest absolute Gasteiger partial charge is 0.477 e. The van der Waals surface area contributed by atoms with Crippen molar-refractivity contribution in [2.45, 2.75) is 20.3 Å². The number of benzene rings is 1. The van der Waals surface area contributed by atoms with Gasteiger partial charge in [-0.3, -0.25) is 9.78 Å². The number of hydrogen-bond donors (Lipinski definition) is 2. The average molecular weight is 491 g/mol. The van der Waals surface area contributed by atoms with Crippen LogP contribution in [0.15, 0.2) is 36.4 Å². The molecule has 0 aliphatic rings. The highest BCUT2D eigenvalue weighted by atomic mass is 19.3. The number of amides is 1. The van der Waals surface area contributed by atoms with Crippen LogP contribution in [0, 0.1) is 12.7 Å². The average Bonchev–Trinajstić information content (AvgIpc) is 2.79. The summed E-state index contributed by atoms with van der Waals surface area (Å²) >= 11 is 0. The van der Waals surface area contributed by atoms with Crippen LogP contribution in [0.5, 0.6) is 5.88 Å². The van der Waals surface area contributed by atoms with E-state index in [0.29, 0.717) is 34.5 Å². The predicted octanol–water partition coefficient (Wildman–Crippen LogP) is 3.87. The minimum atomic E-state index is -2.73. The summed E-state index contributed by atoms with van der Waals surface area (Å²) in [5, 5.41) is 2.56. The molecule has 0 radical (unpaired) electrons. The lowest BCUT2D eigenvalue weighted by Gasteiger charge is -2.16. The number of aromatic nitrogens is 3. The highest BCUT2D eigenvalue weighted by Gasteiger charge is 2.21. The minimum Gasteiger partial charge on any atom is -0.477 e. The molecular formula is C24H29F3N6O2. The second-order valence-electron chi connectivity index (χ2n) is 7.65. The Hall–Kier alpha value is -3.73. The van der Waals surface area contributed by atoms with E-state index in [2.05, 4.69) is 20.3 Å². The van der Waals surface area contributed by atoms with Crippen molar-refractivity contribution in [2.24, 2.45) is 0 Å². The van der Waals surface area contributed by atoms with Crippen molar-refractivity contribution in [2.75, 3.05) is 39.5 Å². The van der Waals surface area contributed by atoms with Gasteiger partial charge in [0.25, 0.3) is 6.43 Å². The first-order chi connectivity index (χ1) is 16.7. The molecule has 0 fully saturated rings. The molecule has 2 aromatic heterocycles. The van der Waals surface area contributed by atoms with E-state index >= 15 is 0 Å². The Bertz CT molecular complexity index is 1110. The van der Waals surface area contributed by atoms with E-state index in [-0.39, 0.29) is 24.1 Å². The van der Waals surface area contributed by atoms with Crippen LogP contribution < -0.4 is 15.8 Å². The lowest BCUT2D eigenvalue weighted by atomic mass is 9.99. The molecule has 1 amide bonds. The maximum Gasteiger partial charge on any atom is 0.280 e. The third-order valence-corrected chi connectivity index (χ3v) is 4.56. The first-order valence-corrected chi connectivity index (χ1v) is 10.8. The van der Waals surface area contributed by atoms with Crippen molar-refractivity contribution in [3.63, 3.8) is 0 Å². The summed E-state index contributed by atoms with van der Waals surface area (Å²) in [6.45, 7) is 5.31. The first kappa shape index (κ1) is 27.5. The van der Waals surface area contributed by atoms with Crippen molar-refractivity contribution >= 4 is 12.4 Å². The van der Waals surface area contributed by atoms with Crippen LogP contribution in [0.3, 0.4) is 0 Å². The molecule has 8 nitrogen and oxygen atoms in total. The molecule has 0 atom stereocenters. The Labute approximate surface area is 202 Å². The summed E-state index contributed by atoms with van der Waals surface area (Å²) in [7, 11) is 3.93. The van der Waals surface area contributed by atoms with Gasteiger partial charge >= 0.3 is 0 Å². The standard InChI is InChI=1S/C19H17F3N4O.C5H12N2O/c1-3-27-18-15(12-8-10(2)24-14(9-12)17(21)22)16(25-19(23)26-18)11-4-6-13(20)7-5-11;1-7(2)4-3-6-5-8/h4-9,17H,3H2,1-2H3,(H2,23,25,26);5H,3-4H2,1-2H3,(H,6,8). The molecule has 0 aliphatic carbocycles. The Morgan fingerprint density at radius 1 is 1.11 bits per heavy atom. The molecule has 0 unspecified atom stereocenters. The van der Waals surface area contributed by atoms with Crippen LogP contribution in [0.2, 0.25) is 0 Å². The molecule has 3 rings (SSSR count). The number of rotatable bonds is 9. The molecule has 188 valence electrons. The number of halogens is 3. The number of nitrogen functional groups attached to an aromatic ring is 1. The Morgan fingerprint density at radius 2 is 1.80 bits per heavy atom. The van der Waals surface area contributed by atoms with Gasteiger partial charge in [0.05, 0.1) is 17.9 Å². The number of likely N-dealkylation sites (N-methyl/N-ethyl adjacent to an activating group) is 1. The van der Waals surface area contributed by atoms with Gasteiger partial charge < -0.3 is 20.7 Å². The van der Waals surface area contributed by atoms with E-state index in [9.17, 15) is 18.0 Å². The fourth-order valence-electron chi connectivity index (χ4n) is 3.07. The molecule has 11 heteroatoms. The van der Waals surface area contributed by atoms with Crippen LogP contribution in [-0.2, 0) is 4.79 Å². The maximum absolute atomic E-state index is 13.3. The summed E-state index contributed by atoms with van der Waals surface area (Å²) in [6, 6.07) is 8.51. The number of alkyl halides is 2. The fraction of sp³-hybridized carbons (Fsp3) is 0.333. The predicted molar refractivity (Wildman–Crippen MR) is 129 cm³/mol. The van der Waals surface area contributed by atoms with Crippen molar-refractivity contribution < 1.29 is 22.7 Å². The Balaban J connectivity index is 0.000000466. The van der Waals surface area contributed by atoms with E-state index in [4.69, 9.17) is 10.5 Å². The number of nitrogens with zero attached hydrogens (tertiary/aromatic N) is 4. The van der Waals surface area contributed by atoms with Crippen molar-refractivity contribution in [3.05, 3.63) is 53.6 Å². The van der Waals surface area contributed by atoms with E-state index < -0.39 is 12.2 Å². The maximum atomic E-state index is 13.3. The SMILES string of the molecule is CCOc1nc(N)nc(-c2ccc(F)cc2)c1-c1cc(C)nc(C(F)F)c1.CN(C)CCNC=O. The van der Waals surface area contributed by atoms with Gasteiger partial charge in [-0.1, -0.05) is 0 Å². The van der Waals surface area contributed by atoms with Crippen molar-refractivity contribution in [1.29, 1.82) is 0 Å². The van der Waals surface area contributed by atoms with Crippen LogP contribution in [0.4, 0.5) is 19.1 Å². The molecule has 0 bridgehead atoms. The first-order valence-electron chi connectivity index (χ1n) is 10.8. The summed E-state index contributed by atoms with van der Waals surface area (Å²) in [5.74, 6) is -0.288. The molecule has 35 heavy (non-hydrogen) atoms. The van der Waals surface area contributed by atoms with Gasteiger partial charge in [0, 0.05) is 24.3 Å². The van der Waals surface area contributed by atoms with E-state index in [1.165, 1.54) is 30.3 Å². The van der Waals surface area contributed by atoms with Gasteiger partial charge in [0.1, 0.15) is 11.5 Å². The number of carbonyl (C=O) groups is 1. The number of carbonyl (C=O) groups excluding carboxylic acids is 1. The van der Waals surface area contributed by atoms with Gasteiger partial charge in [-0.25, -0.2) is 18.2 Å². The number of nitrogens with one attached hydrogen (secondary N) is 1. The summed E-state index contributed by atoms with van der Waals surface area (Å²) in [5.41, 5.74) is 7.57.